The van der Waals surface area contributed by atoms with Crippen molar-refractivity contribution in [2.45, 2.75) is 9.50 Å². The van der Waals surface area contributed by atoms with Gasteiger partial charge >= 0.3 is 0 Å². The van der Waals surface area contributed by atoms with Crippen LogP contribution in [0, 0.1) is 0 Å². The standard InChI is InChI=1S/C31H22BrN5O2S3/c32-22-13-11-20(12-14-22)26(38)18-41-31-34-25-16-15-23(17-27(25)42-31)33-28(39)19-40-30-36-35-29(21-7-3-1-4-8-21)37(30)24-9-5-2-6-10-24/h1-17H,18-19H2,(H,33,39). The number of benzene rings is 4. The van der Waals surface area contributed by atoms with Crippen molar-refractivity contribution in [2.75, 3.05) is 16.8 Å². The van der Waals surface area contributed by atoms with Crippen LogP contribution in [0.1, 0.15) is 10.4 Å². The third-order valence-electron chi connectivity index (χ3n) is 6.16. The van der Waals surface area contributed by atoms with Gasteiger partial charge < -0.3 is 5.32 Å². The molecule has 42 heavy (non-hydrogen) atoms. The summed E-state index contributed by atoms with van der Waals surface area (Å²) in [6.45, 7) is 0. The van der Waals surface area contributed by atoms with Gasteiger partial charge in [0.1, 0.15) is 0 Å². The summed E-state index contributed by atoms with van der Waals surface area (Å²) in [6, 6.07) is 32.7. The van der Waals surface area contributed by atoms with E-state index in [1.807, 2.05) is 108 Å². The molecule has 0 atom stereocenters. The summed E-state index contributed by atoms with van der Waals surface area (Å²) in [6.07, 6.45) is 0. The van der Waals surface area contributed by atoms with Gasteiger partial charge in [-0.15, -0.1) is 21.5 Å². The molecule has 0 aliphatic heterocycles. The summed E-state index contributed by atoms with van der Waals surface area (Å²) in [5, 5.41) is 12.5. The maximum atomic E-state index is 12.9. The molecule has 0 radical (unpaired) electrons. The predicted octanol–water partition coefficient (Wildman–Crippen LogP) is 8.01. The Labute approximate surface area is 262 Å². The van der Waals surface area contributed by atoms with Crippen LogP contribution in [-0.2, 0) is 4.79 Å². The lowest BCUT2D eigenvalue weighted by Gasteiger charge is -2.10. The summed E-state index contributed by atoms with van der Waals surface area (Å²) >= 11 is 7.64. The number of Topliss-reactive ketones (excluding diaryl/α,β-unsaturated/α-hetero) is 1. The van der Waals surface area contributed by atoms with E-state index in [1.54, 1.807) is 0 Å². The Morgan fingerprint density at radius 2 is 1.57 bits per heavy atom. The minimum Gasteiger partial charge on any atom is -0.325 e. The van der Waals surface area contributed by atoms with Gasteiger partial charge in [0, 0.05) is 27.0 Å². The lowest BCUT2D eigenvalue weighted by atomic mass is 10.2. The molecule has 0 fully saturated rings. The number of rotatable bonds is 10. The van der Waals surface area contributed by atoms with Crippen molar-refractivity contribution < 1.29 is 9.59 Å². The van der Waals surface area contributed by atoms with Gasteiger partial charge in [0.15, 0.2) is 21.1 Å². The molecular formula is C31H22BrN5O2S3. The topological polar surface area (TPSA) is 89.8 Å². The van der Waals surface area contributed by atoms with Crippen LogP contribution in [0.25, 0.3) is 27.3 Å². The van der Waals surface area contributed by atoms with Crippen LogP contribution in [-0.4, -0.2) is 42.9 Å². The number of amides is 1. The highest BCUT2D eigenvalue weighted by atomic mass is 79.9. The van der Waals surface area contributed by atoms with E-state index >= 15 is 0 Å². The minimum absolute atomic E-state index is 0.0520. The second-order valence-electron chi connectivity index (χ2n) is 9.06. The third-order valence-corrected chi connectivity index (χ3v) is 9.78. The van der Waals surface area contributed by atoms with Crippen molar-refractivity contribution in [3.05, 3.63) is 113 Å². The van der Waals surface area contributed by atoms with E-state index < -0.39 is 0 Å². The number of nitrogens with one attached hydrogen (secondary N) is 1. The number of hydrogen-bond donors (Lipinski definition) is 1. The minimum atomic E-state index is -0.151. The lowest BCUT2D eigenvalue weighted by molar-refractivity contribution is -0.113. The van der Waals surface area contributed by atoms with Gasteiger partial charge in [0.2, 0.25) is 5.91 Å². The van der Waals surface area contributed by atoms with Crippen LogP contribution in [0.4, 0.5) is 5.69 Å². The Balaban J connectivity index is 1.11. The van der Waals surface area contributed by atoms with Crippen molar-refractivity contribution in [2.24, 2.45) is 0 Å². The SMILES string of the molecule is O=C(CSc1nnc(-c2ccccc2)n1-c1ccccc1)Nc1ccc2nc(SCC(=O)c3ccc(Br)cc3)sc2c1. The maximum absolute atomic E-state index is 12.9. The summed E-state index contributed by atoms with van der Waals surface area (Å²) in [5.41, 5.74) is 4.06. The number of carbonyl (C=O) groups is 2. The fourth-order valence-electron chi connectivity index (χ4n) is 4.16. The fourth-order valence-corrected chi connectivity index (χ4v) is 7.18. The number of carbonyl (C=O) groups excluding carboxylic acids is 2. The van der Waals surface area contributed by atoms with Crippen LogP contribution >= 0.6 is 50.8 Å². The van der Waals surface area contributed by atoms with Gasteiger partial charge in [-0.25, -0.2) is 4.98 Å². The van der Waals surface area contributed by atoms with Gasteiger partial charge in [0.05, 0.1) is 21.7 Å². The van der Waals surface area contributed by atoms with Crippen molar-refractivity contribution in [3.63, 3.8) is 0 Å². The zero-order chi connectivity index (χ0) is 28.9. The van der Waals surface area contributed by atoms with Gasteiger partial charge in [-0.3, -0.25) is 14.2 Å². The highest BCUT2D eigenvalue weighted by molar-refractivity contribution is 9.10. The molecule has 0 unspecified atom stereocenters. The number of halogens is 1. The molecular weight excluding hydrogens is 650 g/mol. The summed E-state index contributed by atoms with van der Waals surface area (Å²) in [4.78, 5) is 30.1. The molecule has 1 N–H and O–H groups in total. The normalized spacial score (nSPS) is 11.1. The van der Waals surface area contributed by atoms with E-state index in [1.165, 1.54) is 34.9 Å². The predicted molar refractivity (Wildman–Crippen MR) is 175 cm³/mol. The van der Waals surface area contributed by atoms with Gasteiger partial charge in [-0.05, 0) is 42.5 Å². The number of aromatic nitrogens is 4. The number of fused-ring (bicyclic) bond motifs is 1. The highest BCUT2D eigenvalue weighted by Gasteiger charge is 2.17. The molecule has 0 bridgehead atoms. The second kappa shape index (κ2) is 13.0. The fraction of sp³-hybridized carbons (Fsp3) is 0.0645. The number of para-hydroxylation sites is 1. The first kappa shape index (κ1) is 28.4. The quantitative estimate of drug-likeness (QED) is 0.117. The smallest absolute Gasteiger partial charge is 0.234 e. The van der Waals surface area contributed by atoms with Crippen LogP contribution in [0.3, 0.4) is 0 Å². The monoisotopic (exact) mass is 671 g/mol. The summed E-state index contributed by atoms with van der Waals surface area (Å²) in [5.74, 6) is 1.09. The van der Waals surface area contributed by atoms with Crippen molar-refractivity contribution >= 4 is 78.4 Å². The van der Waals surface area contributed by atoms with Crippen LogP contribution in [0.5, 0.6) is 0 Å². The van der Waals surface area contributed by atoms with E-state index in [0.29, 0.717) is 28.0 Å². The van der Waals surface area contributed by atoms with E-state index in [0.717, 1.165) is 30.3 Å². The number of hydrogen-bond acceptors (Lipinski definition) is 8. The molecule has 2 heterocycles. The number of thiazole rings is 1. The van der Waals surface area contributed by atoms with E-state index in [9.17, 15) is 9.59 Å². The Kier molecular flexibility index (Phi) is 8.80. The Hall–Kier alpha value is -3.77. The third kappa shape index (κ3) is 6.65. The zero-order valence-corrected chi connectivity index (χ0v) is 26.0. The van der Waals surface area contributed by atoms with Crippen molar-refractivity contribution in [1.82, 2.24) is 19.7 Å². The van der Waals surface area contributed by atoms with Crippen LogP contribution in [0.15, 0.2) is 117 Å². The van der Waals surface area contributed by atoms with Gasteiger partial charge in [-0.1, -0.05) is 100 Å². The molecule has 1 amide bonds. The van der Waals surface area contributed by atoms with Gasteiger partial charge in [0.25, 0.3) is 0 Å². The summed E-state index contributed by atoms with van der Waals surface area (Å²) < 4.78 is 4.66. The number of nitrogens with zero attached hydrogens (tertiary/aromatic N) is 4. The highest BCUT2D eigenvalue weighted by Crippen LogP contribution is 2.32. The first-order valence-corrected chi connectivity index (χ1v) is 16.4. The van der Waals surface area contributed by atoms with E-state index in [2.05, 4.69) is 36.4 Å². The zero-order valence-electron chi connectivity index (χ0n) is 21.9. The maximum Gasteiger partial charge on any atom is 0.234 e. The average molecular weight is 673 g/mol. The molecule has 0 saturated heterocycles. The molecule has 4 aromatic carbocycles. The summed E-state index contributed by atoms with van der Waals surface area (Å²) in [7, 11) is 0. The molecule has 0 aliphatic carbocycles. The average Bonchev–Trinajstić information content (AvgIpc) is 3.64. The molecule has 208 valence electrons. The first-order chi connectivity index (χ1) is 20.5. The lowest BCUT2D eigenvalue weighted by Crippen LogP contribution is -2.14. The van der Waals surface area contributed by atoms with Gasteiger partial charge in [-0.2, -0.15) is 0 Å². The molecule has 0 spiro atoms. The molecule has 7 nitrogen and oxygen atoms in total. The van der Waals surface area contributed by atoms with Crippen LogP contribution in [0.2, 0.25) is 0 Å². The molecule has 2 aromatic heterocycles. The molecule has 0 aliphatic rings. The number of anilines is 1. The largest absolute Gasteiger partial charge is 0.325 e. The Bertz CT molecular complexity index is 1860. The molecule has 11 heteroatoms. The first-order valence-electron chi connectivity index (χ1n) is 12.8. The van der Waals surface area contributed by atoms with Crippen LogP contribution < -0.4 is 5.32 Å². The molecule has 0 saturated carbocycles. The molecule has 6 rings (SSSR count). The Morgan fingerprint density at radius 3 is 2.33 bits per heavy atom. The second-order valence-corrected chi connectivity index (χ2v) is 13.2. The molecule has 6 aromatic rings. The van der Waals surface area contributed by atoms with E-state index in [-0.39, 0.29) is 17.4 Å². The number of thioether (sulfide) groups is 2. The van der Waals surface area contributed by atoms with E-state index in [4.69, 9.17) is 0 Å². The van der Waals surface area contributed by atoms with Crippen molar-refractivity contribution in [1.29, 1.82) is 0 Å². The van der Waals surface area contributed by atoms with Crippen molar-refractivity contribution in [3.8, 4) is 17.1 Å². The number of ketones is 1. The Morgan fingerprint density at radius 1 is 0.833 bits per heavy atom.